The molecular formula is C15H16ClNOS. The first kappa shape index (κ1) is 13.1. The summed E-state index contributed by atoms with van der Waals surface area (Å²) in [5.41, 5.74) is 2.19. The van der Waals surface area contributed by atoms with Crippen LogP contribution in [-0.2, 0) is 6.42 Å². The summed E-state index contributed by atoms with van der Waals surface area (Å²) in [6.07, 6.45) is 1.34. The van der Waals surface area contributed by atoms with Gasteiger partial charge >= 0.3 is 0 Å². The number of nitrogens with zero attached hydrogens (tertiary/aromatic N) is 1. The summed E-state index contributed by atoms with van der Waals surface area (Å²) in [6.45, 7) is 4.36. The lowest BCUT2D eigenvalue weighted by molar-refractivity contribution is 0.102. The van der Waals surface area contributed by atoms with Gasteiger partial charge in [0.05, 0.1) is 16.7 Å². The highest BCUT2D eigenvalue weighted by molar-refractivity contribution is 7.15. The molecule has 0 aliphatic heterocycles. The molecule has 1 unspecified atom stereocenters. The summed E-state index contributed by atoms with van der Waals surface area (Å²) in [5.74, 6) is 0. The number of hydrogen-bond donors (Lipinski definition) is 1. The molecule has 100 valence electrons. The van der Waals surface area contributed by atoms with Crippen LogP contribution in [0.5, 0.6) is 0 Å². The van der Waals surface area contributed by atoms with E-state index < -0.39 is 0 Å². The van der Waals surface area contributed by atoms with Gasteiger partial charge < -0.3 is 5.11 Å². The average Bonchev–Trinajstić information content (AvgIpc) is 2.71. The third kappa shape index (κ3) is 2.55. The topological polar surface area (TPSA) is 33.1 Å². The summed E-state index contributed by atoms with van der Waals surface area (Å²) in [6, 6.07) is 7.71. The number of hydrogen-bond acceptors (Lipinski definition) is 3. The molecule has 1 aromatic heterocycles. The summed E-state index contributed by atoms with van der Waals surface area (Å²) < 4.78 is 0. The number of aromatic nitrogens is 1. The predicted molar refractivity (Wildman–Crippen MR) is 79.6 cm³/mol. The number of aliphatic hydroxyl groups is 1. The molecule has 19 heavy (non-hydrogen) atoms. The van der Waals surface area contributed by atoms with E-state index in [9.17, 15) is 5.11 Å². The predicted octanol–water partition coefficient (Wildman–Crippen LogP) is 4.47. The lowest BCUT2D eigenvalue weighted by Gasteiger charge is -2.31. The summed E-state index contributed by atoms with van der Waals surface area (Å²) in [4.78, 5) is 5.73. The first-order valence-corrected chi connectivity index (χ1v) is 7.58. The van der Waals surface area contributed by atoms with Crippen molar-refractivity contribution >= 4 is 22.9 Å². The highest BCUT2D eigenvalue weighted by atomic mass is 35.5. The third-order valence-corrected chi connectivity index (χ3v) is 4.98. The van der Waals surface area contributed by atoms with Crippen molar-refractivity contribution < 1.29 is 5.11 Å². The Bertz CT molecular complexity index is 620. The number of halogens is 1. The number of rotatable bonds is 1. The van der Waals surface area contributed by atoms with Gasteiger partial charge in [-0.2, -0.15) is 0 Å². The van der Waals surface area contributed by atoms with E-state index in [-0.39, 0.29) is 11.5 Å². The Morgan fingerprint density at radius 3 is 2.95 bits per heavy atom. The van der Waals surface area contributed by atoms with Crippen LogP contribution >= 0.6 is 22.9 Å². The largest absolute Gasteiger partial charge is 0.387 e. The molecule has 1 heterocycles. The standard InChI is InChI=1S/C15H16ClNOS/c1-15(2)7-11-13(12(18)8-15)19-14(17-11)9-4-3-5-10(16)6-9/h3-6,12,18H,7-8H2,1-2H3. The van der Waals surface area contributed by atoms with Crippen LogP contribution in [0, 0.1) is 5.41 Å². The second-order valence-electron chi connectivity index (χ2n) is 5.90. The van der Waals surface area contributed by atoms with Gasteiger partial charge in [-0.15, -0.1) is 11.3 Å². The van der Waals surface area contributed by atoms with Crippen molar-refractivity contribution in [3.05, 3.63) is 39.9 Å². The van der Waals surface area contributed by atoms with E-state index in [0.717, 1.165) is 34.0 Å². The van der Waals surface area contributed by atoms with Gasteiger partial charge in [0.15, 0.2) is 0 Å². The van der Waals surface area contributed by atoms with E-state index in [4.69, 9.17) is 16.6 Å². The van der Waals surface area contributed by atoms with Gasteiger partial charge in [0.2, 0.25) is 0 Å². The minimum Gasteiger partial charge on any atom is -0.387 e. The quantitative estimate of drug-likeness (QED) is 0.841. The lowest BCUT2D eigenvalue weighted by Crippen LogP contribution is -2.24. The van der Waals surface area contributed by atoms with E-state index in [1.807, 2.05) is 24.3 Å². The van der Waals surface area contributed by atoms with Crippen molar-refractivity contribution in [2.24, 2.45) is 5.41 Å². The fraction of sp³-hybridized carbons (Fsp3) is 0.400. The summed E-state index contributed by atoms with van der Waals surface area (Å²) in [5, 5.41) is 11.9. The summed E-state index contributed by atoms with van der Waals surface area (Å²) >= 11 is 7.61. The Hall–Kier alpha value is -0.900. The summed E-state index contributed by atoms with van der Waals surface area (Å²) in [7, 11) is 0. The lowest BCUT2D eigenvalue weighted by atomic mass is 9.77. The molecule has 2 nitrogen and oxygen atoms in total. The zero-order chi connectivity index (χ0) is 13.6. The van der Waals surface area contributed by atoms with Gasteiger partial charge in [-0.1, -0.05) is 37.6 Å². The zero-order valence-corrected chi connectivity index (χ0v) is 12.6. The van der Waals surface area contributed by atoms with Crippen molar-refractivity contribution in [1.82, 2.24) is 4.98 Å². The van der Waals surface area contributed by atoms with Gasteiger partial charge in [0, 0.05) is 10.6 Å². The first-order valence-electron chi connectivity index (χ1n) is 6.38. The smallest absolute Gasteiger partial charge is 0.124 e. The zero-order valence-electron chi connectivity index (χ0n) is 11.0. The van der Waals surface area contributed by atoms with Gasteiger partial charge in [0.1, 0.15) is 5.01 Å². The average molecular weight is 294 g/mol. The Kier molecular flexibility index (Phi) is 3.16. The molecule has 1 aliphatic carbocycles. The molecule has 0 bridgehead atoms. The number of thiazole rings is 1. The molecule has 1 aromatic carbocycles. The Morgan fingerprint density at radius 2 is 2.21 bits per heavy atom. The maximum Gasteiger partial charge on any atom is 0.124 e. The van der Waals surface area contributed by atoms with E-state index in [0.29, 0.717) is 5.02 Å². The van der Waals surface area contributed by atoms with Gasteiger partial charge in [-0.3, -0.25) is 0 Å². The minimum atomic E-state index is -0.385. The van der Waals surface area contributed by atoms with Crippen LogP contribution in [0.25, 0.3) is 10.6 Å². The van der Waals surface area contributed by atoms with Crippen LogP contribution in [-0.4, -0.2) is 10.1 Å². The number of benzene rings is 1. The molecule has 2 aromatic rings. The van der Waals surface area contributed by atoms with Crippen molar-refractivity contribution in [2.45, 2.75) is 32.8 Å². The number of fused-ring (bicyclic) bond motifs is 1. The van der Waals surface area contributed by atoms with Crippen molar-refractivity contribution in [1.29, 1.82) is 0 Å². The van der Waals surface area contributed by atoms with Crippen molar-refractivity contribution in [2.75, 3.05) is 0 Å². The van der Waals surface area contributed by atoms with Crippen LogP contribution < -0.4 is 0 Å². The molecule has 0 radical (unpaired) electrons. The van der Waals surface area contributed by atoms with Crippen LogP contribution in [0.15, 0.2) is 24.3 Å². The molecule has 0 fully saturated rings. The molecule has 0 saturated heterocycles. The molecule has 3 rings (SSSR count). The molecule has 1 N–H and O–H groups in total. The number of aliphatic hydroxyl groups excluding tert-OH is 1. The van der Waals surface area contributed by atoms with Crippen LogP contribution in [0.4, 0.5) is 0 Å². The normalized spacial score (nSPS) is 21.2. The molecule has 1 aliphatic rings. The molecule has 4 heteroatoms. The van der Waals surface area contributed by atoms with E-state index in [1.54, 1.807) is 11.3 Å². The third-order valence-electron chi connectivity index (χ3n) is 3.49. The minimum absolute atomic E-state index is 0.117. The van der Waals surface area contributed by atoms with Crippen LogP contribution in [0.3, 0.4) is 0 Å². The highest BCUT2D eigenvalue weighted by Gasteiger charge is 2.34. The van der Waals surface area contributed by atoms with Gasteiger partial charge in [-0.05, 0) is 30.4 Å². The maximum atomic E-state index is 10.3. The molecule has 1 atom stereocenters. The molecule has 0 spiro atoms. The first-order chi connectivity index (χ1) is 8.94. The fourth-order valence-corrected chi connectivity index (χ4v) is 3.89. The Labute approximate surface area is 122 Å². The highest BCUT2D eigenvalue weighted by Crippen LogP contribution is 2.44. The molecule has 0 saturated carbocycles. The van der Waals surface area contributed by atoms with Crippen LogP contribution in [0.2, 0.25) is 5.02 Å². The van der Waals surface area contributed by atoms with E-state index in [1.165, 1.54) is 0 Å². The van der Waals surface area contributed by atoms with E-state index in [2.05, 4.69) is 13.8 Å². The fourth-order valence-electron chi connectivity index (χ4n) is 2.64. The van der Waals surface area contributed by atoms with Gasteiger partial charge in [-0.25, -0.2) is 4.98 Å². The molecular weight excluding hydrogens is 278 g/mol. The maximum absolute atomic E-state index is 10.3. The van der Waals surface area contributed by atoms with Crippen LogP contribution in [0.1, 0.15) is 36.9 Å². The Balaban J connectivity index is 2.04. The SMILES string of the molecule is CC1(C)Cc2nc(-c3cccc(Cl)c3)sc2C(O)C1. The van der Waals surface area contributed by atoms with E-state index >= 15 is 0 Å². The second-order valence-corrected chi connectivity index (χ2v) is 7.37. The van der Waals surface area contributed by atoms with Crippen molar-refractivity contribution in [3.8, 4) is 10.6 Å². The van der Waals surface area contributed by atoms with Crippen molar-refractivity contribution in [3.63, 3.8) is 0 Å². The van der Waals surface area contributed by atoms with Gasteiger partial charge in [0.25, 0.3) is 0 Å². The second kappa shape index (κ2) is 4.58. The monoisotopic (exact) mass is 293 g/mol. The Morgan fingerprint density at radius 1 is 1.42 bits per heavy atom. The molecule has 0 amide bonds.